The molecule has 1 amide bonds. The highest BCUT2D eigenvalue weighted by molar-refractivity contribution is 7.14. The van der Waals surface area contributed by atoms with Gasteiger partial charge in [0.05, 0.1) is 12.8 Å². The monoisotopic (exact) mass is 419 g/mol. The van der Waals surface area contributed by atoms with E-state index in [2.05, 4.69) is 15.6 Å². The smallest absolute Gasteiger partial charge is 0.255 e. The molecule has 2 N–H and O–H groups in total. The van der Waals surface area contributed by atoms with E-state index in [9.17, 15) is 9.18 Å². The summed E-state index contributed by atoms with van der Waals surface area (Å²) in [6, 6.07) is 20.7. The van der Waals surface area contributed by atoms with Crippen molar-refractivity contribution in [2.24, 2.45) is 0 Å². The van der Waals surface area contributed by atoms with Crippen LogP contribution in [0.5, 0.6) is 5.75 Å². The third-order valence-corrected chi connectivity index (χ3v) is 5.11. The lowest BCUT2D eigenvalue weighted by Gasteiger charge is -2.07. The molecular weight excluding hydrogens is 401 g/mol. The number of rotatable bonds is 6. The maximum absolute atomic E-state index is 13.3. The fourth-order valence-electron chi connectivity index (χ4n) is 2.85. The number of carbonyl (C=O) groups excluding carboxylic acids is 1. The Morgan fingerprint density at radius 2 is 1.80 bits per heavy atom. The Labute approximate surface area is 177 Å². The second-order valence-electron chi connectivity index (χ2n) is 6.44. The first-order valence-electron chi connectivity index (χ1n) is 9.15. The quantitative estimate of drug-likeness (QED) is 0.405. The Kier molecular flexibility index (Phi) is 5.72. The number of halogens is 1. The minimum Gasteiger partial charge on any atom is -0.497 e. The summed E-state index contributed by atoms with van der Waals surface area (Å²) in [7, 11) is 1.56. The van der Waals surface area contributed by atoms with Gasteiger partial charge in [-0.3, -0.25) is 4.79 Å². The van der Waals surface area contributed by atoms with E-state index >= 15 is 0 Å². The van der Waals surface area contributed by atoms with Gasteiger partial charge in [0.2, 0.25) is 0 Å². The average molecular weight is 419 g/mol. The van der Waals surface area contributed by atoms with E-state index < -0.39 is 0 Å². The number of nitrogens with one attached hydrogen (secondary N) is 2. The van der Waals surface area contributed by atoms with E-state index in [1.807, 2.05) is 29.6 Å². The Morgan fingerprint density at radius 1 is 1.00 bits per heavy atom. The maximum atomic E-state index is 13.3. The van der Waals surface area contributed by atoms with Crippen molar-refractivity contribution in [3.05, 3.63) is 89.6 Å². The van der Waals surface area contributed by atoms with Gasteiger partial charge in [0, 0.05) is 27.9 Å². The van der Waals surface area contributed by atoms with Gasteiger partial charge in [-0.2, -0.15) is 0 Å². The highest BCUT2D eigenvalue weighted by Crippen LogP contribution is 2.28. The molecule has 150 valence electrons. The number of carbonyl (C=O) groups is 1. The number of hydrogen-bond acceptors (Lipinski definition) is 5. The molecule has 7 heteroatoms. The number of benzene rings is 3. The Morgan fingerprint density at radius 3 is 2.57 bits per heavy atom. The van der Waals surface area contributed by atoms with Crippen LogP contribution in [-0.2, 0) is 0 Å². The molecule has 0 bridgehead atoms. The molecule has 0 unspecified atom stereocenters. The van der Waals surface area contributed by atoms with Gasteiger partial charge in [-0.1, -0.05) is 24.3 Å². The molecule has 1 heterocycles. The number of amides is 1. The van der Waals surface area contributed by atoms with Gasteiger partial charge in [-0.05, 0) is 48.5 Å². The van der Waals surface area contributed by atoms with Gasteiger partial charge in [0.25, 0.3) is 5.91 Å². The van der Waals surface area contributed by atoms with E-state index in [0.717, 1.165) is 11.3 Å². The zero-order chi connectivity index (χ0) is 20.9. The number of anilines is 3. The number of methoxy groups -OCH3 is 1. The zero-order valence-corrected chi connectivity index (χ0v) is 16.9. The summed E-state index contributed by atoms with van der Waals surface area (Å²) in [5.41, 5.74) is 3.56. The highest BCUT2D eigenvalue weighted by atomic mass is 32.1. The van der Waals surface area contributed by atoms with Crippen LogP contribution in [0.1, 0.15) is 10.4 Å². The Hall–Kier alpha value is -3.71. The number of thiazole rings is 1. The number of aromatic nitrogens is 1. The first kappa shape index (κ1) is 19.6. The van der Waals surface area contributed by atoms with Crippen molar-refractivity contribution in [1.29, 1.82) is 0 Å². The van der Waals surface area contributed by atoms with Crippen molar-refractivity contribution in [1.82, 2.24) is 4.98 Å². The van der Waals surface area contributed by atoms with Crippen LogP contribution in [0.3, 0.4) is 0 Å². The summed E-state index contributed by atoms with van der Waals surface area (Å²) in [5, 5.41) is 8.57. The van der Waals surface area contributed by atoms with Gasteiger partial charge in [0.15, 0.2) is 5.13 Å². The number of ether oxygens (including phenoxy) is 1. The van der Waals surface area contributed by atoms with Crippen molar-refractivity contribution < 1.29 is 13.9 Å². The molecule has 1 aromatic heterocycles. The molecular formula is C23H18FN3O2S. The molecule has 0 aliphatic carbocycles. The molecule has 4 rings (SSSR count). The number of hydrogen-bond donors (Lipinski definition) is 2. The van der Waals surface area contributed by atoms with E-state index in [1.165, 1.54) is 23.5 Å². The molecule has 0 aliphatic rings. The molecule has 0 saturated heterocycles. The van der Waals surface area contributed by atoms with Gasteiger partial charge < -0.3 is 15.4 Å². The SMILES string of the molecule is COc1cccc(C(=O)Nc2ccc(-c3csc(Nc4cccc(F)c4)n3)cc2)c1. The zero-order valence-electron chi connectivity index (χ0n) is 16.1. The van der Waals surface area contributed by atoms with Crippen LogP contribution in [-0.4, -0.2) is 18.0 Å². The molecule has 0 spiro atoms. The minimum atomic E-state index is -0.302. The molecule has 0 aliphatic heterocycles. The summed E-state index contributed by atoms with van der Waals surface area (Å²) in [4.78, 5) is 17.0. The molecule has 0 fully saturated rings. The summed E-state index contributed by atoms with van der Waals surface area (Å²) in [6.07, 6.45) is 0. The van der Waals surface area contributed by atoms with Crippen LogP contribution in [0.4, 0.5) is 20.9 Å². The van der Waals surface area contributed by atoms with Gasteiger partial charge in [-0.15, -0.1) is 11.3 Å². The van der Waals surface area contributed by atoms with Gasteiger partial charge >= 0.3 is 0 Å². The predicted molar refractivity (Wildman–Crippen MR) is 118 cm³/mol. The fourth-order valence-corrected chi connectivity index (χ4v) is 3.59. The van der Waals surface area contributed by atoms with E-state index in [-0.39, 0.29) is 11.7 Å². The van der Waals surface area contributed by atoms with E-state index in [0.29, 0.717) is 27.8 Å². The molecule has 30 heavy (non-hydrogen) atoms. The topological polar surface area (TPSA) is 63.2 Å². The average Bonchev–Trinajstić information content (AvgIpc) is 3.22. The van der Waals surface area contributed by atoms with Gasteiger partial charge in [0.1, 0.15) is 11.6 Å². The number of nitrogens with zero attached hydrogens (tertiary/aromatic N) is 1. The largest absolute Gasteiger partial charge is 0.497 e. The Balaban J connectivity index is 1.43. The molecule has 5 nitrogen and oxygen atoms in total. The van der Waals surface area contributed by atoms with Crippen LogP contribution < -0.4 is 15.4 Å². The standard InChI is InChI=1S/C23H18FN3O2S/c1-29-20-7-2-4-16(12-20)22(28)25-18-10-8-15(9-11-18)21-14-30-23(27-21)26-19-6-3-5-17(24)13-19/h2-14H,1H3,(H,25,28)(H,26,27). The molecule has 0 atom stereocenters. The third kappa shape index (κ3) is 4.64. The second kappa shape index (κ2) is 8.75. The van der Waals surface area contributed by atoms with Crippen molar-refractivity contribution >= 4 is 33.8 Å². The molecule has 0 saturated carbocycles. The summed E-state index contributed by atoms with van der Waals surface area (Å²) >= 11 is 1.43. The lowest BCUT2D eigenvalue weighted by molar-refractivity contribution is 0.102. The van der Waals surface area contributed by atoms with Crippen LogP contribution in [0.2, 0.25) is 0 Å². The maximum Gasteiger partial charge on any atom is 0.255 e. The lowest BCUT2D eigenvalue weighted by atomic mass is 10.1. The summed E-state index contributed by atoms with van der Waals surface area (Å²) in [6.45, 7) is 0. The fraction of sp³-hybridized carbons (Fsp3) is 0.0435. The van der Waals surface area contributed by atoms with Crippen LogP contribution in [0, 0.1) is 5.82 Å². The molecule has 3 aromatic carbocycles. The van der Waals surface area contributed by atoms with E-state index in [1.54, 1.807) is 43.5 Å². The summed E-state index contributed by atoms with van der Waals surface area (Å²) < 4.78 is 18.5. The van der Waals surface area contributed by atoms with Crippen molar-refractivity contribution in [3.8, 4) is 17.0 Å². The molecule has 0 radical (unpaired) electrons. The second-order valence-corrected chi connectivity index (χ2v) is 7.29. The Bertz CT molecular complexity index is 1180. The van der Waals surface area contributed by atoms with E-state index in [4.69, 9.17) is 4.74 Å². The van der Waals surface area contributed by atoms with Crippen molar-refractivity contribution in [3.63, 3.8) is 0 Å². The van der Waals surface area contributed by atoms with Crippen LogP contribution in [0.25, 0.3) is 11.3 Å². The minimum absolute atomic E-state index is 0.211. The highest BCUT2D eigenvalue weighted by Gasteiger charge is 2.09. The lowest BCUT2D eigenvalue weighted by Crippen LogP contribution is -2.11. The first-order valence-corrected chi connectivity index (χ1v) is 10.0. The molecule has 4 aromatic rings. The third-order valence-electron chi connectivity index (χ3n) is 4.35. The van der Waals surface area contributed by atoms with Crippen molar-refractivity contribution in [2.75, 3.05) is 17.7 Å². The van der Waals surface area contributed by atoms with Crippen molar-refractivity contribution in [2.45, 2.75) is 0 Å². The summed E-state index contributed by atoms with van der Waals surface area (Å²) in [5.74, 6) is 0.115. The van der Waals surface area contributed by atoms with Crippen LogP contribution in [0.15, 0.2) is 78.2 Å². The van der Waals surface area contributed by atoms with Gasteiger partial charge in [-0.25, -0.2) is 9.37 Å². The normalized spacial score (nSPS) is 10.5. The van der Waals surface area contributed by atoms with Crippen LogP contribution >= 0.6 is 11.3 Å². The first-order chi connectivity index (χ1) is 14.6. The predicted octanol–water partition coefficient (Wildman–Crippen LogP) is 5.95.